The van der Waals surface area contributed by atoms with Crippen LogP contribution >= 0.6 is 22.7 Å². The zero-order valence-electron chi connectivity index (χ0n) is 22.6. The van der Waals surface area contributed by atoms with Crippen LogP contribution in [0.5, 0.6) is 0 Å². The molecule has 1 aliphatic rings. The summed E-state index contributed by atoms with van der Waals surface area (Å²) in [5.41, 5.74) is 9.66. The summed E-state index contributed by atoms with van der Waals surface area (Å²) in [6.45, 7) is 4.68. The minimum absolute atomic E-state index is 0.0336. The van der Waals surface area contributed by atoms with E-state index in [1.807, 2.05) is 22.7 Å². The Labute approximate surface area is 245 Å². The van der Waals surface area contributed by atoms with Gasteiger partial charge in [-0.05, 0) is 41.0 Å². The van der Waals surface area contributed by atoms with Crippen LogP contribution in [0.4, 0.5) is 0 Å². The minimum atomic E-state index is -0.0336. The van der Waals surface area contributed by atoms with Crippen molar-refractivity contribution >= 4 is 63.1 Å². The topological polar surface area (TPSA) is 25.8 Å². The molecule has 1 aliphatic carbocycles. The van der Waals surface area contributed by atoms with Crippen LogP contribution in [0, 0.1) is 0 Å². The molecule has 0 saturated carbocycles. The van der Waals surface area contributed by atoms with E-state index in [0.29, 0.717) is 0 Å². The second-order valence-corrected chi connectivity index (χ2v) is 13.5. The van der Waals surface area contributed by atoms with Crippen LogP contribution in [-0.4, -0.2) is 9.97 Å². The lowest BCUT2D eigenvalue weighted by Gasteiger charge is -2.21. The summed E-state index contributed by atoms with van der Waals surface area (Å²) in [7, 11) is 0. The Morgan fingerprint density at radius 1 is 0.561 bits per heavy atom. The summed E-state index contributed by atoms with van der Waals surface area (Å²) in [5, 5.41) is 3.76. The third kappa shape index (κ3) is 3.23. The fourth-order valence-corrected chi connectivity index (χ4v) is 9.07. The third-order valence-electron chi connectivity index (χ3n) is 8.71. The molecule has 3 heterocycles. The van der Waals surface area contributed by atoms with E-state index in [-0.39, 0.29) is 5.41 Å². The van der Waals surface area contributed by atoms with Gasteiger partial charge in [-0.25, -0.2) is 9.97 Å². The first-order valence-corrected chi connectivity index (χ1v) is 15.6. The largest absolute Gasteiger partial charge is 0.226 e. The molecular weight excluding hydrogens is 537 g/mol. The Balaban J connectivity index is 1.36. The highest BCUT2D eigenvalue weighted by Crippen LogP contribution is 2.54. The van der Waals surface area contributed by atoms with Crippen LogP contribution in [0.3, 0.4) is 0 Å². The predicted octanol–water partition coefficient (Wildman–Crippen LogP) is 10.9. The summed E-state index contributed by atoms with van der Waals surface area (Å²) in [6.07, 6.45) is 0. The molecule has 2 nitrogen and oxygen atoms in total. The number of thiophene rings is 2. The molecule has 0 amide bonds. The van der Waals surface area contributed by atoms with Gasteiger partial charge in [0.05, 0.1) is 15.9 Å². The van der Waals surface area contributed by atoms with Gasteiger partial charge >= 0.3 is 0 Å². The average Bonchev–Trinajstić information content (AvgIpc) is 3.65. The van der Waals surface area contributed by atoms with E-state index < -0.39 is 0 Å². The van der Waals surface area contributed by atoms with Gasteiger partial charge in [0.25, 0.3) is 0 Å². The maximum absolute atomic E-state index is 5.31. The van der Waals surface area contributed by atoms with Crippen molar-refractivity contribution in [2.45, 2.75) is 19.3 Å². The lowest BCUT2D eigenvalue weighted by molar-refractivity contribution is 0.661. The fourth-order valence-electron chi connectivity index (χ4n) is 6.67. The molecule has 8 aromatic rings. The van der Waals surface area contributed by atoms with Crippen molar-refractivity contribution < 1.29 is 0 Å². The number of rotatable bonds is 2. The number of hydrogen-bond acceptors (Lipinski definition) is 4. The highest BCUT2D eigenvalue weighted by Gasteiger charge is 2.37. The van der Waals surface area contributed by atoms with Crippen LogP contribution < -0.4 is 0 Å². The first kappa shape index (κ1) is 23.3. The summed E-state index contributed by atoms with van der Waals surface area (Å²) < 4.78 is 5.05. The molecule has 9 rings (SSSR count). The number of hydrogen-bond donors (Lipinski definition) is 0. The van der Waals surface area contributed by atoms with Crippen LogP contribution in [0.25, 0.3) is 74.2 Å². The molecule has 0 aliphatic heterocycles. The van der Waals surface area contributed by atoms with Gasteiger partial charge < -0.3 is 0 Å². The lowest BCUT2D eigenvalue weighted by Crippen LogP contribution is -2.14. The van der Waals surface area contributed by atoms with Crippen molar-refractivity contribution in [3.8, 4) is 33.8 Å². The summed E-state index contributed by atoms with van der Waals surface area (Å²) >= 11 is 3.68. The Kier molecular flexibility index (Phi) is 4.74. The molecule has 0 spiro atoms. The van der Waals surface area contributed by atoms with Crippen molar-refractivity contribution in [3.63, 3.8) is 0 Å². The zero-order chi connectivity index (χ0) is 27.3. The normalized spacial score (nSPS) is 13.8. The fraction of sp³-hybridized carbons (Fsp3) is 0.0811. The number of nitrogens with zero attached hydrogens (tertiary/aromatic N) is 2. The first-order valence-electron chi connectivity index (χ1n) is 13.9. The van der Waals surface area contributed by atoms with Crippen LogP contribution in [0.15, 0.2) is 109 Å². The minimum Gasteiger partial charge on any atom is -0.226 e. The Hall–Kier alpha value is -4.38. The summed E-state index contributed by atoms with van der Waals surface area (Å²) in [4.78, 5) is 10.6. The first-order chi connectivity index (χ1) is 20.1. The van der Waals surface area contributed by atoms with E-state index in [0.717, 1.165) is 32.9 Å². The van der Waals surface area contributed by atoms with Gasteiger partial charge in [-0.1, -0.05) is 98.8 Å². The van der Waals surface area contributed by atoms with Crippen LogP contribution in [-0.2, 0) is 5.41 Å². The Morgan fingerprint density at radius 2 is 1.34 bits per heavy atom. The van der Waals surface area contributed by atoms with Crippen molar-refractivity contribution in [2.75, 3.05) is 0 Å². The number of benzene rings is 5. The maximum atomic E-state index is 5.31. The Morgan fingerprint density at radius 3 is 2.24 bits per heavy atom. The second-order valence-electron chi connectivity index (χ2n) is 11.4. The van der Waals surface area contributed by atoms with Gasteiger partial charge in [0.2, 0.25) is 0 Å². The van der Waals surface area contributed by atoms with Gasteiger partial charge in [-0.15, -0.1) is 22.7 Å². The molecule has 0 saturated heterocycles. The molecular formula is C37H24N2S2. The average molecular weight is 561 g/mol. The summed E-state index contributed by atoms with van der Waals surface area (Å²) in [6, 6.07) is 39.4. The maximum Gasteiger partial charge on any atom is 0.160 e. The monoisotopic (exact) mass is 560 g/mol. The van der Waals surface area contributed by atoms with Gasteiger partial charge in [-0.2, -0.15) is 0 Å². The SMILES string of the molecule is CC1(C)c2ccccc2-c2c1ccc1c2sc2c(-c3ccccc3)nc(-c3ccc4sc5ccccc5c4c3)nc21. The van der Waals surface area contributed by atoms with Crippen LogP contribution in [0.2, 0.25) is 0 Å². The molecule has 5 aromatic carbocycles. The zero-order valence-corrected chi connectivity index (χ0v) is 24.2. The lowest BCUT2D eigenvalue weighted by atomic mass is 9.82. The molecule has 41 heavy (non-hydrogen) atoms. The van der Waals surface area contributed by atoms with Crippen LogP contribution in [0.1, 0.15) is 25.0 Å². The smallest absolute Gasteiger partial charge is 0.160 e. The van der Waals surface area contributed by atoms with Crippen molar-refractivity contribution in [3.05, 3.63) is 120 Å². The van der Waals surface area contributed by atoms with E-state index in [1.54, 1.807) is 0 Å². The van der Waals surface area contributed by atoms with E-state index >= 15 is 0 Å². The summed E-state index contributed by atoms with van der Waals surface area (Å²) in [5.74, 6) is 0.773. The van der Waals surface area contributed by atoms with Gasteiger partial charge in [0.15, 0.2) is 5.82 Å². The molecule has 0 bridgehead atoms. The van der Waals surface area contributed by atoms with Crippen molar-refractivity contribution in [1.82, 2.24) is 9.97 Å². The van der Waals surface area contributed by atoms with E-state index in [2.05, 4.69) is 123 Å². The molecule has 0 fully saturated rings. The standard InChI is InChI=1S/C37H24N2S2/c1-37(2)27-14-8-6-13-24(27)31-28(37)18-17-25-33-35(41-34(25)31)32(21-10-4-3-5-11-21)38-36(39-33)22-16-19-30-26(20-22)23-12-7-9-15-29(23)40-30/h3-20H,1-2H3. The third-order valence-corrected chi connectivity index (χ3v) is 11.1. The number of aromatic nitrogens is 2. The van der Waals surface area contributed by atoms with Gasteiger partial charge in [0, 0.05) is 52.4 Å². The number of fused-ring (bicyclic) bond motifs is 10. The van der Waals surface area contributed by atoms with Crippen molar-refractivity contribution in [2.24, 2.45) is 0 Å². The van der Waals surface area contributed by atoms with E-state index in [4.69, 9.17) is 9.97 Å². The Bertz CT molecular complexity index is 2340. The molecule has 4 heteroatoms. The second kappa shape index (κ2) is 8.32. The molecule has 3 aromatic heterocycles. The molecule has 0 N–H and O–H groups in total. The molecule has 0 atom stereocenters. The highest BCUT2D eigenvalue weighted by atomic mass is 32.1. The van der Waals surface area contributed by atoms with E-state index in [9.17, 15) is 0 Å². The molecule has 0 unspecified atom stereocenters. The molecule has 0 radical (unpaired) electrons. The quantitative estimate of drug-likeness (QED) is 0.210. The molecule has 194 valence electrons. The van der Waals surface area contributed by atoms with Gasteiger partial charge in [0.1, 0.15) is 0 Å². The van der Waals surface area contributed by atoms with Crippen molar-refractivity contribution in [1.29, 1.82) is 0 Å². The highest BCUT2D eigenvalue weighted by molar-refractivity contribution is 7.27. The van der Waals surface area contributed by atoms with E-state index in [1.165, 1.54) is 52.5 Å². The predicted molar refractivity (Wildman–Crippen MR) is 176 cm³/mol. The van der Waals surface area contributed by atoms with Gasteiger partial charge in [-0.3, -0.25) is 0 Å².